The Morgan fingerprint density at radius 3 is 2.79 bits per heavy atom. The van der Waals surface area contributed by atoms with Crippen molar-refractivity contribution in [2.45, 2.75) is 33.7 Å². The van der Waals surface area contributed by atoms with Crippen molar-refractivity contribution in [1.29, 1.82) is 0 Å². The first-order chi connectivity index (χ1) is 13.2. The maximum atomic E-state index is 13.0. The molecule has 0 spiro atoms. The van der Waals surface area contributed by atoms with E-state index < -0.39 is 0 Å². The van der Waals surface area contributed by atoms with Crippen molar-refractivity contribution in [2.75, 3.05) is 33.7 Å². The Kier molecular flexibility index (Phi) is 4.63. The standard InChI is InChI=1S/C20H28N6O2/c1-13-8-16(23-28-13)15-9-18-21-17-10-25(12-20(2,3)11-24(4)5)7-6-14(17)19(27)26(18)22-15/h8-9,22H,6-7,10-12H2,1-5H3. The summed E-state index contributed by atoms with van der Waals surface area (Å²) in [5.41, 5.74) is 3.88. The maximum absolute atomic E-state index is 13.0. The monoisotopic (exact) mass is 384 g/mol. The van der Waals surface area contributed by atoms with E-state index >= 15 is 0 Å². The third kappa shape index (κ3) is 3.62. The van der Waals surface area contributed by atoms with E-state index in [1.807, 2.05) is 19.1 Å². The van der Waals surface area contributed by atoms with Crippen LogP contribution in [0.15, 0.2) is 21.5 Å². The van der Waals surface area contributed by atoms with Gasteiger partial charge in [0.25, 0.3) is 5.56 Å². The summed E-state index contributed by atoms with van der Waals surface area (Å²) in [6.07, 6.45) is 0.722. The molecule has 4 heterocycles. The van der Waals surface area contributed by atoms with Crippen LogP contribution in [0.25, 0.3) is 17.0 Å². The molecular formula is C20H28N6O2. The molecule has 1 aliphatic rings. The highest BCUT2D eigenvalue weighted by molar-refractivity contribution is 5.60. The Bertz CT molecular complexity index is 1060. The van der Waals surface area contributed by atoms with Gasteiger partial charge in [-0.25, -0.2) is 9.50 Å². The largest absolute Gasteiger partial charge is 0.361 e. The topological polar surface area (TPSA) is 82.7 Å². The Hall–Kier alpha value is -2.45. The van der Waals surface area contributed by atoms with Crippen molar-refractivity contribution in [2.24, 2.45) is 5.41 Å². The number of aromatic amines is 1. The molecule has 0 saturated heterocycles. The van der Waals surface area contributed by atoms with E-state index in [4.69, 9.17) is 9.51 Å². The molecule has 0 aliphatic carbocycles. The molecule has 0 amide bonds. The minimum Gasteiger partial charge on any atom is -0.361 e. The van der Waals surface area contributed by atoms with Crippen LogP contribution in [-0.4, -0.2) is 63.3 Å². The molecule has 0 saturated carbocycles. The van der Waals surface area contributed by atoms with Gasteiger partial charge in [-0.05, 0) is 32.9 Å². The van der Waals surface area contributed by atoms with Crippen LogP contribution in [0.4, 0.5) is 0 Å². The zero-order valence-corrected chi connectivity index (χ0v) is 17.2. The first kappa shape index (κ1) is 18.9. The van der Waals surface area contributed by atoms with Crippen LogP contribution in [0, 0.1) is 12.3 Å². The zero-order chi connectivity index (χ0) is 20.1. The molecule has 3 aromatic heterocycles. The van der Waals surface area contributed by atoms with E-state index in [2.05, 4.69) is 48.0 Å². The van der Waals surface area contributed by atoms with Gasteiger partial charge in [0, 0.05) is 43.9 Å². The fourth-order valence-corrected chi connectivity index (χ4v) is 4.32. The lowest BCUT2D eigenvalue weighted by Crippen LogP contribution is -2.43. The number of aryl methyl sites for hydroxylation is 1. The lowest BCUT2D eigenvalue weighted by Gasteiger charge is -2.36. The van der Waals surface area contributed by atoms with E-state index in [1.54, 1.807) is 0 Å². The Balaban J connectivity index is 1.63. The Morgan fingerprint density at radius 1 is 1.32 bits per heavy atom. The first-order valence-electron chi connectivity index (χ1n) is 9.66. The molecule has 150 valence electrons. The second-order valence-corrected chi connectivity index (χ2v) is 8.89. The number of rotatable bonds is 5. The van der Waals surface area contributed by atoms with Gasteiger partial charge in [0.2, 0.25) is 0 Å². The van der Waals surface area contributed by atoms with Crippen LogP contribution >= 0.6 is 0 Å². The van der Waals surface area contributed by atoms with Crippen LogP contribution in [0.1, 0.15) is 30.9 Å². The van der Waals surface area contributed by atoms with Crippen molar-refractivity contribution in [1.82, 2.24) is 29.6 Å². The summed E-state index contributed by atoms with van der Waals surface area (Å²) in [5.74, 6) is 0.726. The second kappa shape index (κ2) is 6.86. The molecule has 8 nitrogen and oxygen atoms in total. The van der Waals surface area contributed by atoms with Crippen molar-refractivity contribution in [3.63, 3.8) is 0 Å². The van der Waals surface area contributed by atoms with Crippen LogP contribution in [-0.2, 0) is 13.0 Å². The van der Waals surface area contributed by atoms with E-state index in [1.165, 1.54) is 4.52 Å². The third-order valence-electron chi connectivity index (χ3n) is 5.15. The average Bonchev–Trinajstić information content (AvgIpc) is 3.19. The Labute approximate surface area is 164 Å². The highest BCUT2D eigenvalue weighted by atomic mass is 16.5. The van der Waals surface area contributed by atoms with Gasteiger partial charge in [-0.15, -0.1) is 0 Å². The number of fused-ring (bicyclic) bond motifs is 2. The SMILES string of the molecule is Cc1cc(-c2cc3nc4c(c(=O)n3[nH]2)CCN(CC(C)(C)CN(C)C)C4)no1. The van der Waals surface area contributed by atoms with Crippen LogP contribution < -0.4 is 5.56 Å². The molecule has 28 heavy (non-hydrogen) atoms. The third-order valence-corrected chi connectivity index (χ3v) is 5.15. The van der Waals surface area contributed by atoms with Gasteiger partial charge in [-0.2, -0.15) is 0 Å². The van der Waals surface area contributed by atoms with Gasteiger partial charge < -0.3 is 9.42 Å². The molecule has 0 unspecified atom stereocenters. The smallest absolute Gasteiger partial charge is 0.276 e. The highest BCUT2D eigenvalue weighted by Gasteiger charge is 2.28. The van der Waals surface area contributed by atoms with Gasteiger partial charge in [-0.1, -0.05) is 19.0 Å². The average molecular weight is 384 g/mol. The summed E-state index contributed by atoms with van der Waals surface area (Å²) in [4.78, 5) is 22.4. The van der Waals surface area contributed by atoms with E-state index in [9.17, 15) is 4.79 Å². The highest BCUT2D eigenvalue weighted by Crippen LogP contribution is 2.24. The minimum atomic E-state index is -0.0151. The molecule has 1 N–H and O–H groups in total. The summed E-state index contributed by atoms with van der Waals surface area (Å²) >= 11 is 0. The fourth-order valence-electron chi connectivity index (χ4n) is 4.32. The van der Waals surface area contributed by atoms with Crippen molar-refractivity contribution in [3.8, 4) is 11.4 Å². The number of hydrogen-bond acceptors (Lipinski definition) is 6. The molecule has 3 aromatic rings. The van der Waals surface area contributed by atoms with Crippen LogP contribution in [0.3, 0.4) is 0 Å². The number of hydrogen-bond donors (Lipinski definition) is 1. The summed E-state index contributed by atoms with van der Waals surface area (Å²) in [6.45, 7) is 9.99. The number of H-pyrrole nitrogens is 1. The predicted molar refractivity (Wildman–Crippen MR) is 107 cm³/mol. The number of nitrogens with one attached hydrogen (secondary N) is 1. The van der Waals surface area contributed by atoms with E-state index in [0.717, 1.165) is 48.8 Å². The van der Waals surface area contributed by atoms with Crippen LogP contribution in [0.5, 0.6) is 0 Å². The molecule has 0 radical (unpaired) electrons. The Morgan fingerprint density at radius 2 is 2.11 bits per heavy atom. The minimum absolute atomic E-state index is 0.0151. The van der Waals surface area contributed by atoms with Gasteiger partial charge in [0.15, 0.2) is 5.65 Å². The fraction of sp³-hybridized carbons (Fsp3) is 0.550. The molecule has 0 aromatic carbocycles. The predicted octanol–water partition coefficient (Wildman–Crippen LogP) is 1.93. The summed E-state index contributed by atoms with van der Waals surface area (Å²) in [6, 6.07) is 3.69. The quantitative estimate of drug-likeness (QED) is 0.724. The molecule has 0 atom stereocenters. The molecule has 8 heteroatoms. The molecular weight excluding hydrogens is 356 g/mol. The van der Waals surface area contributed by atoms with Crippen molar-refractivity contribution >= 4 is 5.65 Å². The molecule has 0 bridgehead atoms. The second-order valence-electron chi connectivity index (χ2n) is 8.89. The lowest BCUT2D eigenvalue weighted by atomic mass is 9.91. The summed E-state index contributed by atoms with van der Waals surface area (Å²) < 4.78 is 6.66. The van der Waals surface area contributed by atoms with E-state index in [0.29, 0.717) is 17.9 Å². The zero-order valence-electron chi connectivity index (χ0n) is 17.2. The number of aromatic nitrogens is 4. The van der Waals surface area contributed by atoms with Crippen LogP contribution in [0.2, 0.25) is 0 Å². The number of nitrogens with zero attached hydrogens (tertiary/aromatic N) is 5. The van der Waals surface area contributed by atoms with Crippen molar-refractivity contribution < 1.29 is 4.52 Å². The van der Waals surface area contributed by atoms with Crippen molar-refractivity contribution in [3.05, 3.63) is 39.5 Å². The van der Waals surface area contributed by atoms with Gasteiger partial charge >= 0.3 is 0 Å². The van der Waals surface area contributed by atoms with Gasteiger partial charge in [-0.3, -0.25) is 14.8 Å². The maximum Gasteiger partial charge on any atom is 0.276 e. The molecule has 1 aliphatic heterocycles. The lowest BCUT2D eigenvalue weighted by molar-refractivity contribution is 0.132. The first-order valence-corrected chi connectivity index (χ1v) is 9.66. The van der Waals surface area contributed by atoms with E-state index in [-0.39, 0.29) is 11.0 Å². The molecule has 4 rings (SSSR count). The van der Waals surface area contributed by atoms with Gasteiger partial charge in [0.05, 0.1) is 11.4 Å². The van der Waals surface area contributed by atoms with Gasteiger partial charge in [0.1, 0.15) is 11.5 Å². The normalized spacial score (nSPS) is 15.5. The summed E-state index contributed by atoms with van der Waals surface area (Å²) in [5, 5.41) is 7.14. The molecule has 0 fully saturated rings. The summed E-state index contributed by atoms with van der Waals surface area (Å²) in [7, 11) is 4.21.